The van der Waals surface area contributed by atoms with Gasteiger partial charge in [-0.2, -0.15) is 0 Å². The number of nitrogens with zero attached hydrogens (tertiary/aromatic N) is 1. The third-order valence-electron chi connectivity index (χ3n) is 4.19. The van der Waals surface area contributed by atoms with E-state index < -0.39 is 22.0 Å². The number of halogens is 1. The summed E-state index contributed by atoms with van der Waals surface area (Å²) >= 11 is 6.12. The Balaban J connectivity index is 2.02. The van der Waals surface area contributed by atoms with Crippen LogP contribution in [-0.4, -0.2) is 54.0 Å². The zero-order valence-electron chi connectivity index (χ0n) is 17.2. The number of amides is 1. The van der Waals surface area contributed by atoms with Crippen LogP contribution < -0.4 is 23.8 Å². The first kappa shape index (κ1) is 23.6. The van der Waals surface area contributed by atoms with Crippen LogP contribution in [0.15, 0.2) is 42.5 Å². The molecule has 1 atom stereocenters. The highest BCUT2D eigenvalue weighted by Crippen LogP contribution is 2.31. The second-order valence-corrected chi connectivity index (χ2v) is 8.64. The molecule has 2 aromatic carbocycles. The van der Waals surface area contributed by atoms with Crippen molar-refractivity contribution in [3.8, 4) is 17.2 Å². The molecule has 0 saturated heterocycles. The van der Waals surface area contributed by atoms with Gasteiger partial charge in [-0.1, -0.05) is 17.7 Å². The summed E-state index contributed by atoms with van der Waals surface area (Å²) in [5, 5.41) is 2.92. The van der Waals surface area contributed by atoms with Crippen LogP contribution in [0.5, 0.6) is 17.2 Å². The van der Waals surface area contributed by atoms with Crippen molar-refractivity contribution in [2.24, 2.45) is 0 Å². The molecule has 30 heavy (non-hydrogen) atoms. The molecule has 0 bridgehead atoms. The summed E-state index contributed by atoms with van der Waals surface area (Å²) in [5.41, 5.74) is 0.263. The van der Waals surface area contributed by atoms with Crippen LogP contribution in [0.4, 0.5) is 5.69 Å². The number of nitrogens with one attached hydrogen (secondary N) is 1. The van der Waals surface area contributed by atoms with Crippen LogP contribution in [-0.2, 0) is 14.8 Å². The first-order chi connectivity index (χ1) is 14.2. The normalized spacial score (nSPS) is 12.0. The van der Waals surface area contributed by atoms with Crippen LogP contribution >= 0.6 is 11.6 Å². The highest BCUT2D eigenvalue weighted by atomic mass is 35.5. The monoisotopic (exact) mass is 456 g/mol. The standard InChI is InChI=1S/C20H25ClN2O6S/c1-14(20(24)22-10-11-29-17-7-5-6-16(13-17)27-2)23(30(4,25)26)15-8-9-19(28-3)18(21)12-15/h5-9,12-14H,10-11H2,1-4H3,(H,22,24)/t14-/m1/s1. The number of hydrogen-bond acceptors (Lipinski definition) is 6. The van der Waals surface area contributed by atoms with E-state index in [9.17, 15) is 13.2 Å². The maximum Gasteiger partial charge on any atom is 0.243 e. The van der Waals surface area contributed by atoms with E-state index in [2.05, 4.69) is 5.32 Å². The van der Waals surface area contributed by atoms with E-state index in [4.69, 9.17) is 25.8 Å². The van der Waals surface area contributed by atoms with E-state index in [0.717, 1.165) is 10.6 Å². The van der Waals surface area contributed by atoms with Gasteiger partial charge in [-0.15, -0.1) is 0 Å². The molecule has 1 amide bonds. The maximum absolute atomic E-state index is 12.6. The van der Waals surface area contributed by atoms with E-state index in [1.807, 2.05) is 0 Å². The molecular formula is C20H25ClN2O6S. The molecule has 0 fully saturated rings. The molecule has 0 aliphatic rings. The molecule has 164 valence electrons. The molecule has 1 N–H and O–H groups in total. The lowest BCUT2D eigenvalue weighted by Gasteiger charge is -2.28. The first-order valence-electron chi connectivity index (χ1n) is 9.05. The van der Waals surface area contributed by atoms with E-state index in [0.29, 0.717) is 17.2 Å². The van der Waals surface area contributed by atoms with Crippen molar-refractivity contribution in [3.63, 3.8) is 0 Å². The summed E-state index contributed by atoms with van der Waals surface area (Å²) in [6.07, 6.45) is 1.03. The van der Waals surface area contributed by atoms with Gasteiger partial charge in [0.25, 0.3) is 0 Å². The van der Waals surface area contributed by atoms with Gasteiger partial charge in [-0.25, -0.2) is 8.42 Å². The summed E-state index contributed by atoms with van der Waals surface area (Å²) in [7, 11) is -0.735. The van der Waals surface area contributed by atoms with Crippen molar-refractivity contribution in [2.75, 3.05) is 37.9 Å². The van der Waals surface area contributed by atoms with E-state index in [1.165, 1.54) is 26.2 Å². The van der Waals surface area contributed by atoms with Gasteiger partial charge in [0.1, 0.15) is 29.9 Å². The molecule has 0 aliphatic carbocycles. The van der Waals surface area contributed by atoms with Crippen molar-refractivity contribution >= 4 is 33.2 Å². The highest BCUT2D eigenvalue weighted by Gasteiger charge is 2.29. The zero-order chi connectivity index (χ0) is 22.3. The Morgan fingerprint density at radius 2 is 1.83 bits per heavy atom. The van der Waals surface area contributed by atoms with Crippen molar-refractivity contribution in [1.82, 2.24) is 5.32 Å². The Kier molecular flexibility index (Phi) is 8.19. The smallest absolute Gasteiger partial charge is 0.243 e. The third-order valence-corrected chi connectivity index (χ3v) is 5.73. The predicted molar refractivity (Wildman–Crippen MR) is 116 cm³/mol. The van der Waals surface area contributed by atoms with Gasteiger partial charge in [0, 0.05) is 6.07 Å². The fourth-order valence-electron chi connectivity index (χ4n) is 2.78. The average molecular weight is 457 g/mol. The molecule has 0 aliphatic heterocycles. The zero-order valence-corrected chi connectivity index (χ0v) is 18.8. The summed E-state index contributed by atoms with van der Waals surface area (Å²) < 4.78 is 41.5. The lowest BCUT2D eigenvalue weighted by molar-refractivity contribution is -0.121. The molecule has 2 aromatic rings. The number of carbonyl (C=O) groups excluding carboxylic acids is 1. The summed E-state index contributed by atoms with van der Waals surface area (Å²) in [4.78, 5) is 12.6. The van der Waals surface area contributed by atoms with E-state index in [1.54, 1.807) is 37.4 Å². The number of sulfonamides is 1. The Morgan fingerprint density at radius 1 is 1.13 bits per heavy atom. The Labute approximate surface area is 181 Å². The van der Waals surface area contributed by atoms with E-state index in [-0.39, 0.29) is 23.9 Å². The molecule has 2 rings (SSSR count). The molecule has 0 radical (unpaired) electrons. The summed E-state index contributed by atoms with van der Waals surface area (Å²) in [6.45, 7) is 1.90. The molecule has 0 heterocycles. The Bertz CT molecular complexity index is 983. The second kappa shape index (κ2) is 10.4. The minimum absolute atomic E-state index is 0.196. The lowest BCUT2D eigenvalue weighted by Crippen LogP contribution is -2.48. The van der Waals surface area contributed by atoms with Gasteiger partial charge >= 0.3 is 0 Å². The molecule has 10 heteroatoms. The number of methoxy groups -OCH3 is 2. The lowest BCUT2D eigenvalue weighted by atomic mass is 10.2. The van der Waals surface area contributed by atoms with Crippen LogP contribution in [0, 0.1) is 0 Å². The molecular weight excluding hydrogens is 432 g/mol. The second-order valence-electron chi connectivity index (χ2n) is 6.37. The van der Waals surface area contributed by atoms with Crippen LogP contribution in [0.2, 0.25) is 5.02 Å². The highest BCUT2D eigenvalue weighted by molar-refractivity contribution is 7.92. The van der Waals surface area contributed by atoms with Gasteiger partial charge in [0.15, 0.2) is 0 Å². The number of anilines is 1. The predicted octanol–water partition coefficient (Wildman–Crippen LogP) is 2.71. The number of rotatable bonds is 10. The molecule has 8 nitrogen and oxygen atoms in total. The quantitative estimate of drug-likeness (QED) is 0.552. The topological polar surface area (TPSA) is 94.2 Å². The minimum Gasteiger partial charge on any atom is -0.497 e. The van der Waals surface area contributed by atoms with Crippen molar-refractivity contribution in [1.29, 1.82) is 0 Å². The van der Waals surface area contributed by atoms with Crippen LogP contribution in [0.1, 0.15) is 6.92 Å². The van der Waals surface area contributed by atoms with Gasteiger partial charge in [0.2, 0.25) is 15.9 Å². The fourth-order valence-corrected chi connectivity index (χ4v) is 4.20. The maximum atomic E-state index is 12.6. The van der Waals surface area contributed by atoms with Crippen LogP contribution in [0.3, 0.4) is 0 Å². The van der Waals surface area contributed by atoms with Gasteiger partial charge in [-0.3, -0.25) is 9.10 Å². The Morgan fingerprint density at radius 3 is 2.43 bits per heavy atom. The van der Waals surface area contributed by atoms with Gasteiger partial charge < -0.3 is 19.5 Å². The largest absolute Gasteiger partial charge is 0.497 e. The van der Waals surface area contributed by atoms with Crippen molar-refractivity contribution in [2.45, 2.75) is 13.0 Å². The van der Waals surface area contributed by atoms with Gasteiger partial charge in [0.05, 0.1) is 37.7 Å². The minimum atomic E-state index is -3.75. The van der Waals surface area contributed by atoms with Gasteiger partial charge in [-0.05, 0) is 37.3 Å². The third kappa shape index (κ3) is 6.17. The first-order valence-corrected chi connectivity index (χ1v) is 11.3. The summed E-state index contributed by atoms with van der Waals surface area (Å²) in [5.74, 6) is 1.19. The van der Waals surface area contributed by atoms with Crippen molar-refractivity contribution < 1.29 is 27.4 Å². The number of ether oxygens (including phenoxy) is 3. The average Bonchev–Trinajstić information content (AvgIpc) is 2.70. The van der Waals surface area contributed by atoms with Crippen LogP contribution in [0.25, 0.3) is 0 Å². The Hall–Kier alpha value is -2.65. The molecule has 0 aromatic heterocycles. The number of benzene rings is 2. The van der Waals surface area contributed by atoms with Crippen molar-refractivity contribution in [3.05, 3.63) is 47.5 Å². The summed E-state index contributed by atoms with van der Waals surface area (Å²) in [6, 6.07) is 10.6. The number of hydrogen-bond donors (Lipinski definition) is 1. The van der Waals surface area contributed by atoms with E-state index >= 15 is 0 Å². The number of carbonyl (C=O) groups is 1. The molecule has 0 spiro atoms. The fraction of sp³-hybridized carbons (Fsp3) is 0.350. The molecule has 0 unspecified atom stereocenters. The SMILES string of the molecule is COc1cccc(OCCNC(=O)[C@@H](C)N(c2ccc(OC)c(Cl)c2)S(C)(=O)=O)c1. The molecule has 0 saturated carbocycles.